The first-order valence-electron chi connectivity index (χ1n) is 14.3. The number of nitrogen functional groups attached to an aromatic ring is 1. The molecule has 10 nitrogen and oxygen atoms in total. The van der Waals surface area contributed by atoms with Crippen molar-refractivity contribution in [2.75, 3.05) is 5.73 Å². The molecule has 0 radical (unpaired) electrons. The van der Waals surface area contributed by atoms with E-state index in [9.17, 15) is 9.59 Å². The SMILES string of the molecule is CC(=O)c1c(C2CC3CCC(C2)N3C(=O)/C(C)=N/N=C(C)C)nc2c(-c3ccc(-c4ccccc4)nc3)cnn2c1N. The molecule has 2 atom stereocenters. The summed E-state index contributed by atoms with van der Waals surface area (Å²) in [6.45, 7) is 6.93. The van der Waals surface area contributed by atoms with E-state index in [0.29, 0.717) is 35.5 Å². The molecular formula is C32H34N8O2. The van der Waals surface area contributed by atoms with Crippen LogP contribution in [0.3, 0.4) is 0 Å². The van der Waals surface area contributed by atoms with Gasteiger partial charge in [0.15, 0.2) is 11.4 Å². The zero-order valence-corrected chi connectivity index (χ0v) is 24.3. The fraction of sp³-hybridized carbons (Fsp3) is 0.344. The van der Waals surface area contributed by atoms with Crippen LogP contribution < -0.4 is 5.73 Å². The maximum absolute atomic E-state index is 13.3. The van der Waals surface area contributed by atoms with Crippen molar-refractivity contribution in [3.63, 3.8) is 0 Å². The van der Waals surface area contributed by atoms with Gasteiger partial charge in [0.1, 0.15) is 11.5 Å². The second-order valence-corrected chi connectivity index (χ2v) is 11.4. The van der Waals surface area contributed by atoms with Gasteiger partial charge in [0.2, 0.25) is 0 Å². The van der Waals surface area contributed by atoms with Crippen molar-refractivity contribution in [3.8, 4) is 22.4 Å². The van der Waals surface area contributed by atoms with Crippen LogP contribution in [0.25, 0.3) is 28.0 Å². The summed E-state index contributed by atoms with van der Waals surface area (Å²) in [5.41, 5.74) is 13.0. The second kappa shape index (κ2) is 10.9. The minimum absolute atomic E-state index is 0.0211. The van der Waals surface area contributed by atoms with Crippen molar-refractivity contribution in [1.29, 1.82) is 0 Å². The number of aromatic nitrogens is 4. The Bertz CT molecular complexity index is 1720. The Morgan fingerprint density at radius 2 is 1.62 bits per heavy atom. The number of amides is 1. The molecule has 2 unspecified atom stereocenters. The molecule has 2 saturated heterocycles. The van der Waals surface area contributed by atoms with Crippen LogP contribution in [0, 0.1) is 0 Å². The fourth-order valence-corrected chi connectivity index (χ4v) is 6.36. The van der Waals surface area contributed by atoms with E-state index in [1.165, 1.54) is 6.92 Å². The Balaban J connectivity index is 1.35. The third-order valence-corrected chi connectivity index (χ3v) is 8.27. The van der Waals surface area contributed by atoms with Crippen molar-refractivity contribution < 1.29 is 9.59 Å². The molecule has 0 saturated carbocycles. The largest absolute Gasteiger partial charge is 0.383 e. The molecular weight excluding hydrogens is 528 g/mol. The van der Waals surface area contributed by atoms with Crippen molar-refractivity contribution >= 4 is 34.6 Å². The summed E-state index contributed by atoms with van der Waals surface area (Å²) in [6, 6.07) is 14.1. The van der Waals surface area contributed by atoms with E-state index in [2.05, 4.69) is 20.3 Å². The standard InChI is InChI=1S/C32H34N8O2/c1-18(2)37-38-19(3)32(42)39-24-11-12-25(39)15-23(14-24)29-28(20(4)41)30(33)40-31(36-29)26(17-35-40)22-10-13-27(34-16-22)21-8-6-5-7-9-21/h5-10,13,16-17,23-25H,11-12,14-15,33H2,1-4H3/b38-19+. The van der Waals surface area contributed by atoms with E-state index in [1.54, 1.807) is 17.6 Å². The number of anilines is 1. The molecule has 2 fully saturated rings. The highest BCUT2D eigenvalue weighted by atomic mass is 16.2. The predicted octanol–water partition coefficient (Wildman–Crippen LogP) is 5.34. The lowest BCUT2D eigenvalue weighted by Crippen LogP contribution is -2.48. The van der Waals surface area contributed by atoms with Crippen molar-refractivity contribution in [3.05, 3.63) is 66.1 Å². The normalized spacial score (nSPS) is 20.1. The lowest BCUT2D eigenvalue weighted by molar-refractivity contribution is -0.128. The Morgan fingerprint density at radius 1 is 0.905 bits per heavy atom. The van der Waals surface area contributed by atoms with Gasteiger partial charge in [0.05, 0.1) is 23.1 Å². The molecule has 5 heterocycles. The van der Waals surface area contributed by atoms with Gasteiger partial charge < -0.3 is 10.6 Å². The van der Waals surface area contributed by atoms with E-state index >= 15 is 0 Å². The Kier molecular flexibility index (Phi) is 7.14. The lowest BCUT2D eigenvalue weighted by Gasteiger charge is -2.39. The van der Waals surface area contributed by atoms with E-state index in [1.807, 2.05) is 67.4 Å². The number of nitrogens with two attached hydrogens (primary N) is 1. The third-order valence-electron chi connectivity index (χ3n) is 8.27. The topological polar surface area (TPSA) is 131 Å². The molecule has 0 spiro atoms. The molecule has 10 heteroatoms. The number of pyridine rings is 1. The van der Waals surface area contributed by atoms with Crippen molar-refractivity contribution in [2.24, 2.45) is 10.2 Å². The number of carbonyl (C=O) groups is 2. The fourth-order valence-electron chi connectivity index (χ4n) is 6.36. The number of ketones is 1. The molecule has 4 aromatic rings. The number of fused-ring (bicyclic) bond motifs is 3. The minimum atomic E-state index is -0.149. The number of carbonyl (C=O) groups excluding carboxylic acids is 2. The smallest absolute Gasteiger partial charge is 0.270 e. The summed E-state index contributed by atoms with van der Waals surface area (Å²) in [5.74, 6) is 0.0335. The Hall–Kier alpha value is -4.73. The summed E-state index contributed by atoms with van der Waals surface area (Å²) in [4.78, 5) is 38.0. The molecule has 6 rings (SSSR count). The molecule has 2 bridgehead atoms. The van der Waals surface area contributed by atoms with Gasteiger partial charge in [-0.3, -0.25) is 14.6 Å². The van der Waals surface area contributed by atoms with Gasteiger partial charge in [-0.25, -0.2) is 4.98 Å². The van der Waals surface area contributed by atoms with Crippen molar-refractivity contribution in [1.82, 2.24) is 24.5 Å². The molecule has 3 aromatic heterocycles. The number of rotatable bonds is 6. The van der Waals surface area contributed by atoms with Crippen LogP contribution in [0.2, 0.25) is 0 Å². The first-order chi connectivity index (χ1) is 20.2. The van der Waals surface area contributed by atoms with E-state index in [0.717, 1.165) is 40.9 Å². The van der Waals surface area contributed by atoms with Crippen LogP contribution in [0.4, 0.5) is 5.82 Å². The zero-order chi connectivity index (χ0) is 29.5. The van der Waals surface area contributed by atoms with Crippen LogP contribution in [0.5, 0.6) is 0 Å². The Labute approximate surface area is 244 Å². The number of piperidine rings is 1. The first kappa shape index (κ1) is 27.4. The monoisotopic (exact) mass is 562 g/mol. The highest BCUT2D eigenvalue weighted by Crippen LogP contribution is 2.44. The van der Waals surface area contributed by atoms with Crippen LogP contribution in [0.15, 0.2) is 65.1 Å². The molecule has 2 aliphatic heterocycles. The van der Waals surface area contributed by atoms with Crippen LogP contribution in [-0.4, -0.2) is 59.7 Å². The third kappa shape index (κ3) is 4.87. The number of nitrogens with zero attached hydrogens (tertiary/aromatic N) is 7. The number of hydrogen-bond donors (Lipinski definition) is 1. The quantitative estimate of drug-likeness (QED) is 0.192. The number of hydrogen-bond acceptors (Lipinski definition) is 8. The maximum Gasteiger partial charge on any atom is 0.270 e. The molecule has 2 aliphatic rings. The summed E-state index contributed by atoms with van der Waals surface area (Å²) < 4.78 is 1.55. The summed E-state index contributed by atoms with van der Waals surface area (Å²) in [6.07, 6.45) is 6.74. The molecule has 1 amide bonds. The van der Waals surface area contributed by atoms with Gasteiger partial charge in [-0.2, -0.15) is 19.8 Å². The number of benzene rings is 1. The van der Waals surface area contributed by atoms with Gasteiger partial charge in [0, 0.05) is 46.6 Å². The van der Waals surface area contributed by atoms with Gasteiger partial charge in [-0.1, -0.05) is 36.4 Å². The molecule has 1 aromatic carbocycles. The van der Waals surface area contributed by atoms with Crippen LogP contribution in [0.1, 0.15) is 75.3 Å². The molecule has 214 valence electrons. The minimum Gasteiger partial charge on any atom is -0.383 e. The Morgan fingerprint density at radius 3 is 2.24 bits per heavy atom. The van der Waals surface area contributed by atoms with E-state index in [-0.39, 0.29) is 35.5 Å². The van der Waals surface area contributed by atoms with Gasteiger partial charge in [-0.05, 0) is 59.4 Å². The highest BCUT2D eigenvalue weighted by molar-refractivity contribution is 6.38. The summed E-state index contributed by atoms with van der Waals surface area (Å²) in [5, 5.41) is 12.7. The lowest BCUT2D eigenvalue weighted by atomic mass is 9.85. The summed E-state index contributed by atoms with van der Waals surface area (Å²) in [7, 11) is 0. The summed E-state index contributed by atoms with van der Waals surface area (Å²) >= 11 is 0. The second-order valence-electron chi connectivity index (χ2n) is 11.4. The van der Waals surface area contributed by atoms with Gasteiger partial charge >= 0.3 is 0 Å². The van der Waals surface area contributed by atoms with Gasteiger partial charge in [-0.15, -0.1) is 0 Å². The number of Topliss-reactive ketones (excluding diaryl/α,β-unsaturated/α-hetero) is 1. The van der Waals surface area contributed by atoms with Gasteiger partial charge in [0.25, 0.3) is 5.91 Å². The average molecular weight is 563 g/mol. The predicted molar refractivity (Wildman–Crippen MR) is 164 cm³/mol. The van der Waals surface area contributed by atoms with E-state index < -0.39 is 0 Å². The molecule has 2 N–H and O–H groups in total. The highest BCUT2D eigenvalue weighted by Gasteiger charge is 2.45. The van der Waals surface area contributed by atoms with E-state index in [4.69, 9.17) is 10.7 Å². The zero-order valence-electron chi connectivity index (χ0n) is 24.3. The molecule has 0 aliphatic carbocycles. The molecule has 42 heavy (non-hydrogen) atoms. The first-order valence-corrected chi connectivity index (χ1v) is 14.3. The van der Waals surface area contributed by atoms with Crippen LogP contribution in [-0.2, 0) is 4.79 Å². The average Bonchev–Trinajstić information content (AvgIpc) is 3.53. The van der Waals surface area contributed by atoms with Crippen molar-refractivity contribution in [2.45, 2.75) is 71.4 Å². The van der Waals surface area contributed by atoms with Crippen LogP contribution >= 0.6 is 0 Å². The maximum atomic E-state index is 13.3.